The van der Waals surface area contributed by atoms with Crippen LogP contribution in [-0.4, -0.2) is 31.8 Å². The van der Waals surface area contributed by atoms with Gasteiger partial charge in [-0.05, 0) is 19.8 Å². The van der Waals surface area contributed by atoms with Crippen molar-refractivity contribution in [2.75, 3.05) is 6.26 Å². The molecule has 0 saturated heterocycles. The highest BCUT2D eigenvalue weighted by atomic mass is 32.2. The second-order valence-electron chi connectivity index (χ2n) is 4.07. The summed E-state index contributed by atoms with van der Waals surface area (Å²) in [5.74, 6) is 5.68. The predicted molar refractivity (Wildman–Crippen MR) is 61.3 cm³/mol. The quantitative estimate of drug-likeness (QED) is 0.316. The molecule has 0 bridgehead atoms. The molecule has 3 N–H and O–H groups in total. The molecule has 5 nitrogen and oxygen atoms in total. The standard InChI is InChI=1S/C9H19N3O2S/c1-7(15(2,13)14)9(12-10)11-8-5-3-4-6-8/h7-8H,3-6,10H2,1-2H3,(H,11,12). The van der Waals surface area contributed by atoms with Crippen molar-refractivity contribution in [1.82, 2.24) is 5.43 Å². The minimum absolute atomic E-state index is 0.236. The van der Waals surface area contributed by atoms with E-state index < -0.39 is 15.1 Å². The fourth-order valence-electron chi connectivity index (χ4n) is 1.69. The van der Waals surface area contributed by atoms with Gasteiger partial charge in [0, 0.05) is 6.26 Å². The lowest BCUT2D eigenvalue weighted by Gasteiger charge is -2.14. The molecule has 1 rings (SSSR count). The molecule has 1 aliphatic rings. The fourth-order valence-corrected chi connectivity index (χ4v) is 2.23. The first-order valence-electron chi connectivity index (χ1n) is 5.18. The molecule has 0 spiro atoms. The van der Waals surface area contributed by atoms with Crippen LogP contribution in [0, 0.1) is 0 Å². The molecule has 1 atom stereocenters. The summed E-state index contributed by atoms with van der Waals surface area (Å²) in [5.41, 5.74) is 2.41. The lowest BCUT2D eigenvalue weighted by molar-refractivity contribution is 0.597. The van der Waals surface area contributed by atoms with Crippen LogP contribution >= 0.6 is 0 Å². The maximum atomic E-state index is 11.3. The highest BCUT2D eigenvalue weighted by Gasteiger charge is 2.23. The number of hydrogen-bond donors (Lipinski definition) is 2. The van der Waals surface area contributed by atoms with Crippen molar-refractivity contribution >= 4 is 15.7 Å². The van der Waals surface area contributed by atoms with E-state index in [4.69, 9.17) is 5.84 Å². The van der Waals surface area contributed by atoms with Crippen molar-refractivity contribution in [3.8, 4) is 0 Å². The monoisotopic (exact) mass is 233 g/mol. The molecule has 1 fully saturated rings. The maximum absolute atomic E-state index is 11.3. The number of rotatable bonds is 3. The molecular weight excluding hydrogens is 214 g/mol. The molecule has 0 aliphatic heterocycles. The molecule has 0 radical (unpaired) electrons. The molecule has 15 heavy (non-hydrogen) atoms. The minimum Gasteiger partial charge on any atom is -0.311 e. The van der Waals surface area contributed by atoms with E-state index in [9.17, 15) is 8.42 Å². The second kappa shape index (κ2) is 4.94. The summed E-state index contributed by atoms with van der Waals surface area (Å²) in [6, 6.07) is 0.236. The Labute approximate surface area is 91.0 Å². The molecule has 0 aromatic rings. The van der Waals surface area contributed by atoms with Crippen LogP contribution in [0.25, 0.3) is 0 Å². The third-order valence-electron chi connectivity index (χ3n) is 2.82. The summed E-state index contributed by atoms with van der Waals surface area (Å²) < 4.78 is 22.7. The smallest absolute Gasteiger partial charge is 0.157 e. The lowest BCUT2D eigenvalue weighted by atomic mass is 10.2. The molecule has 6 heteroatoms. The van der Waals surface area contributed by atoms with Gasteiger partial charge < -0.3 is 5.43 Å². The largest absolute Gasteiger partial charge is 0.311 e. The van der Waals surface area contributed by atoms with E-state index in [0.717, 1.165) is 12.8 Å². The SMILES string of the molecule is CC(C(=NC1CCCC1)NN)S(C)(=O)=O. The Hall–Kier alpha value is -0.620. The van der Waals surface area contributed by atoms with Gasteiger partial charge in [-0.1, -0.05) is 12.8 Å². The summed E-state index contributed by atoms with van der Waals surface area (Å²) >= 11 is 0. The van der Waals surface area contributed by atoms with Crippen LogP contribution in [0.15, 0.2) is 4.99 Å². The van der Waals surface area contributed by atoms with E-state index in [1.54, 1.807) is 6.92 Å². The Bertz CT molecular complexity index is 331. The van der Waals surface area contributed by atoms with Crippen molar-refractivity contribution in [1.29, 1.82) is 0 Å². The fraction of sp³-hybridized carbons (Fsp3) is 0.889. The van der Waals surface area contributed by atoms with Crippen LogP contribution in [0.1, 0.15) is 32.6 Å². The van der Waals surface area contributed by atoms with Gasteiger partial charge in [0.2, 0.25) is 0 Å². The number of nitrogens with one attached hydrogen (secondary N) is 1. The lowest BCUT2D eigenvalue weighted by Crippen LogP contribution is -2.42. The maximum Gasteiger partial charge on any atom is 0.157 e. The summed E-state index contributed by atoms with van der Waals surface area (Å²) in [6.07, 6.45) is 5.58. The normalized spacial score (nSPS) is 21.7. The van der Waals surface area contributed by atoms with Gasteiger partial charge in [0.05, 0.1) is 6.04 Å². The molecule has 0 aromatic heterocycles. The number of aliphatic imine (C=N–C) groups is 1. The van der Waals surface area contributed by atoms with E-state index in [1.165, 1.54) is 19.1 Å². The zero-order chi connectivity index (χ0) is 11.5. The van der Waals surface area contributed by atoms with Gasteiger partial charge >= 0.3 is 0 Å². The minimum atomic E-state index is -3.13. The first kappa shape index (κ1) is 12.4. The van der Waals surface area contributed by atoms with Gasteiger partial charge in [0.25, 0.3) is 0 Å². The van der Waals surface area contributed by atoms with Gasteiger partial charge in [0.1, 0.15) is 11.1 Å². The number of sulfone groups is 1. The van der Waals surface area contributed by atoms with Gasteiger partial charge in [-0.25, -0.2) is 14.3 Å². The van der Waals surface area contributed by atoms with E-state index in [-0.39, 0.29) is 6.04 Å². The number of nitrogens with zero attached hydrogens (tertiary/aromatic N) is 1. The molecule has 0 aromatic carbocycles. The van der Waals surface area contributed by atoms with Gasteiger partial charge in [0.15, 0.2) is 9.84 Å². The second-order valence-corrected chi connectivity index (χ2v) is 6.43. The number of hydrazine groups is 1. The van der Waals surface area contributed by atoms with Gasteiger partial charge in [-0.15, -0.1) is 0 Å². The third kappa shape index (κ3) is 3.46. The van der Waals surface area contributed by atoms with E-state index >= 15 is 0 Å². The summed E-state index contributed by atoms with van der Waals surface area (Å²) in [6.45, 7) is 1.60. The van der Waals surface area contributed by atoms with E-state index in [1.807, 2.05) is 0 Å². The van der Waals surface area contributed by atoms with Crippen LogP contribution in [0.2, 0.25) is 0 Å². The average Bonchev–Trinajstić information content (AvgIpc) is 2.64. The van der Waals surface area contributed by atoms with Crippen LogP contribution < -0.4 is 11.3 Å². The first-order chi connectivity index (χ1) is 6.95. The Kier molecular flexibility index (Phi) is 4.10. The highest BCUT2D eigenvalue weighted by molar-refractivity contribution is 7.92. The Morgan fingerprint density at radius 3 is 2.40 bits per heavy atom. The number of hydrogen-bond acceptors (Lipinski definition) is 4. The molecular formula is C9H19N3O2S. The zero-order valence-electron chi connectivity index (χ0n) is 9.23. The Morgan fingerprint density at radius 2 is 2.00 bits per heavy atom. The summed E-state index contributed by atoms with van der Waals surface area (Å²) in [5, 5.41) is -0.650. The molecule has 1 saturated carbocycles. The zero-order valence-corrected chi connectivity index (χ0v) is 10.0. The summed E-state index contributed by atoms with van der Waals surface area (Å²) in [4.78, 5) is 4.36. The van der Waals surface area contributed by atoms with Crippen LogP contribution in [0.5, 0.6) is 0 Å². The molecule has 0 heterocycles. The predicted octanol–water partition coefficient (Wildman–Crippen LogP) is 0.224. The summed E-state index contributed by atoms with van der Waals surface area (Å²) in [7, 11) is -3.13. The molecule has 88 valence electrons. The van der Waals surface area contributed by atoms with E-state index in [0.29, 0.717) is 5.84 Å². The van der Waals surface area contributed by atoms with Crippen molar-refractivity contribution in [2.24, 2.45) is 10.8 Å². The number of amidine groups is 1. The third-order valence-corrected chi connectivity index (χ3v) is 4.33. The highest BCUT2D eigenvalue weighted by Crippen LogP contribution is 2.21. The topological polar surface area (TPSA) is 84.5 Å². The van der Waals surface area contributed by atoms with Crippen molar-refractivity contribution in [3.05, 3.63) is 0 Å². The average molecular weight is 233 g/mol. The molecule has 1 unspecified atom stereocenters. The Balaban J connectivity index is 2.78. The molecule has 1 aliphatic carbocycles. The van der Waals surface area contributed by atoms with E-state index in [2.05, 4.69) is 10.4 Å². The van der Waals surface area contributed by atoms with Crippen LogP contribution in [0.4, 0.5) is 0 Å². The van der Waals surface area contributed by atoms with Crippen molar-refractivity contribution < 1.29 is 8.42 Å². The first-order valence-corrected chi connectivity index (χ1v) is 7.13. The van der Waals surface area contributed by atoms with Crippen molar-refractivity contribution in [3.63, 3.8) is 0 Å². The molecule has 0 amide bonds. The van der Waals surface area contributed by atoms with Gasteiger partial charge in [-0.3, -0.25) is 4.99 Å². The Morgan fingerprint density at radius 1 is 1.47 bits per heavy atom. The van der Waals surface area contributed by atoms with Gasteiger partial charge in [-0.2, -0.15) is 0 Å². The van der Waals surface area contributed by atoms with Crippen molar-refractivity contribution in [2.45, 2.75) is 43.9 Å². The number of nitrogens with two attached hydrogens (primary N) is 1. The van der Waals surface area contributed by atoms with Crippen LogP contribution in [0.3, 0.4) is 0 Å². The van der Waals surface area contributed by atoms with Crippen LogP contribution in [-0.2, 0) is 9.84 Å².